The molecule has 168 valence electrons. The zero-order valence-electron chi connectivity index (χ0n) is 17.7. The van der Waals surface area contributed by atoms with Gasteiger partial charge in [0.1, 0.15) is 11.8 Å². The fourth-order valence-electron chi connectivity index (χ4n) is 3.67. The first-order valence-electron chi connectivity index (χ1n) is 10.8. The molecule has 1 atom stereocenters. The van der Waals surface area contributed by atoms with Crippen LogP contribution in [0.2, 0.25) is 0 Å². The summed E-state index contributed by atoms with van der Waals surface area (Å²) in [6.07, 6.45) is 7.76. The molecule has 0 bridgehead atoms. The SMILES string of the molecule is CC1C(=O)NC(=O)N1C/C=C/CCS(=O)(=O)NC1(c2cccc(OCC3CC3)c2)CC1. The molecule has 1 aromatic carbocycles. The lowest BCUT2D eigenvalue weighted by Gasteiger charge is -2.19. The summed E-state index contributed by atoms with van der Waals surface area (Å²) in [7, 11) is -3.47. The number of imide groups is 1. The Hall–Kier alpha value is -2.39. The summed E-state index contributed by atoms with van der Waals surface area (Å²) in [5.41, 5.74) is 0.406. The van der Waals surface area contributed by atoms with Crippen molar-refractivity contribution >= 4 is 22.0 Å². The summed E-state index contributed by atoms with van der Waals surface area (Å²) in [5.74, 6) is 1.09. The number of allylic oxidation sites excluding steroid dienone is 1. The smallest absolute Gasteiger partial charge is 0.325 e. The van der Waals surface area contributed by atoms with E-state index in [0.717, 1.165) is 30.8 Å². The standard InChI is InChI=1S/C22H29N3O5S/c1-16-20(26)23-21(27)25(16)12-3-2-4-13-31(28,29)24-22(10-11-22)18-6-5-7-19(14-18)30-15-17-8-9-17/h2-3,5-7,14,16-17,24H,4,8-13,15H2,1H3,(H,23,26,27)/b3-2+. The number of hydrogen-bond donors (Lipinski definition) is 2. The molecule has 2 saturated carbocycles. The van der Waals surface area contributed by atoms with Crippen molar-refractivity contribution in [1.82, 2.24) is 14.9 Å². The van der Waals surface area contributed by atoms with Gasteiger partial charge in [0, 0.05) is 6.54 Å². The monoisotopic (exact) mass is 447 g/mol. The summed E-state index contributed by atoms with van der Waals surface area (Å²) >= 11 is 0. The van der Waals surface area contributed by atoms with Crippen LogP contribution in [0.15, 0.2) is 36.4 Å². The van der Waals surface area contributed by atoms with Crippen molar-refractivity contribution in [2.45, 2.75) is 50.6 Å². The summed E-state index contributed by atoms with van der Waals surface area (Å²) in [6, 6.07) is 6.78. The second-order valence-corrected chi connectivity index (χ2v) is 10.5. The third-order valence-electron chi connectivity index (χ3n) is 6.03. The van der Waals surface area contributed by atoms with Gasteiger partial charge in [-0.3, -0.25) is 10.1 Å². The van der Waals surface area contributed by atoms with E-state index in [0.29, 0.717) is 12.3 Å². The molecular formula is C22H29N3O5S. The Morgan fingerprint density at radius 2 is 2.03 bits per heavy atom. The van der Waals surface area contributed by atoms with Crippen LogP contribution in [0.3, 0.4) is 0 Å². The van der Waals surface area contributed by atoms with Crippen molar-refractivity contribution in [3.05, 3.63) is 42.0 Å². The van der Waals surface area contributed by atoms with Crippen LogP contribution < -0.4 is 14.8 Å². The number of amides is 3. The van der Waals surface area contributed by atoms with E-state index < -0.39 is 27.6 Å². The molecule has 9 heteroatoms. The van der Waals surface area contributed by atoms with Crippen LogP contribution in [-0.2, 0) is 20.4 Å². The minimum atomic E-state index is -3.47. The number of urea groups is 1. The zero-order chi connectivity index (χ0) is 22.1. The van der Waals surface area contributed by atoms with Crippen LogP contribution in [0, 0.1) is 5.92 Å². The Morgan fingerprint density at radius 1 is 1.26 bits per heavy atom. The molecule has 1 unspecified atom stereocenters. The molecule has 31 heavy (non-hydrogen) atoms. The molecule has 3 aliphatic rings. The fraction of sp³-hybridized carbons (Fsp3) is 0.545. The molecule has 3 amide bonds. The molecule has 8 nitrogen and oxygen atoms in total. The molecule has 1 aliphatic heterocycles. The number of rotatable bonds is 11. The summed E-state index contributed by atoms with van der Waals surface area (Å²) in [5, 5.41) is 2.25. The zero-order valence-corrected chi connectivity index (χ0v) is 18.5. The number of benzene rings is 1. The number of sulfonamides is 1. The number of carbonyl (C=O) groups excluding carboxylic acids is 2. The fourth-order valence-corrected chi connectivity index (χ4v) is 5.14. The largest absolute Gasteiger partial charge is 0.493 e. The van der Waals surface area contributed by atoms with E-state index in [2.05, 4.69) is 10.0 Å². The van der Waals surface area contributed by atoms with E-state index in [1.165, 1.54) is 17.7 Å². The maximum atomic E-state index is 12.6. The molecule has 0 spiro atoms. The van der Waals surface area contributed by atoms with Crippen molar-refractivity contribution < 1.29 is 22.7 Å². The number of hydrogen-bond acceptors (Lipinski definition) is 5. The highest BCUT2D eigenvalue weighted by molar-refractivity contribution is 7.89. The van der Waals surface area contributed by atoms with Gasteiger partial charge in [0.2, 0.25) is 10.0 Å². The van der Waals surface area contributed by atoms with Crippen molar-refractivity contribution in [3.8, 4) is 5.75 Å². The van der Waals surface area contributed by atoms with Gasteiger partial charge < -0.3 is 9.64 Å². The summed E-state index contributed by atoms with van der Waals surface area (Å²) in [6.45, 7) is 2.65. The van der Waals surface area contributed by atoms with Crippen molar-refractivity contribution in [2.24, 2.45) is 5.92 Å². The molecule has 0 aromatic heterocycles. The van der Waals surface area contributed by atoms with Crippen LogP contribution in [0.4, 0.5) is 4.79 Å². The van der Waals surface area contributed by atoms with Crippen molar-refractivity contribution in [1.29, 1.82) is 0 Å². The molecule has 4 rings (SSSR count). The third kappa shape index (κ3) is 5.46. The van der Waals surface area contributed by atoms with Crippen LogP contribution in [0.25, 0.3) is 0 Å². The minimum absolute atomic E-state index is 0.0379. The quantitative estimate of drug-likeness (QED) is 0.400. The van der Waals surface area contributed by atoms with Gasteiger partial charge in [-0.2, -0.15) is 0 Å². The molecule has 1 aromatic rings. The lowest BCUT2D eigenvalue weighted by atomic mass is 10.1. The Kier molecular flexibility index (Phi) is 6.07. The molecule has 1 heterocycles. The van der Waals surface area contributed by atoms with Gasteiger partial charge in [0.15, 0.2) is 0 Å². The summed E-state index contributed by atoms with van der Waals surface area (Å²) in [4.78, 5) is 24.5. The van der Waals surface area contributed by atoms with E-state index in [1.54, 1.807) is 19.1 Å². The van der Waals surface area contributed by atoms with Gasteiger partial charge in [-0.15, -0.1) is 0 Å². The van der Waals surface area contributed by atoms with Crippen LogP contribution in [0.5, 0.6) is 5.75 Å². The Balaban J connectivity index is 1.28. The van der Waals surface area contributed by atoms with E-state index in [-0.39, 0.29) is 18.2 Å². The van der Waals surface area contributed by atoms with Crippen molar-refractivity contribution in [2.75, 3.05) is 18.9 Å². The number of carbonyl (C=O) groups is 2. The average Bonchev–Trinajstić information content (AvgIpc) is 3.64. The molecule has 2 aliphatic carbocycles. The first-order valence-corrected chi connectivity index (χ1v) is 12.4. The normalized spacial score (nSPS) is 22.7. The van der Waals surface area contributed by atoms with Crippen molar-refractivity contribution in [3.63, 3.8) is 0 Å². The molecule has 3 fully saturated rings. The van der Waals surface area contributed by atoms with Gasteiger partial charge >= 0.3 is 6.03 Å². The Labute approximate surface area is 183 Å². The van der Waals surface area contributed by atoms with Gasteiger partial charge in [-0.1, -0.05) is 24.3 Å². The molecule has 0 radical (unpaired) electrons. The lowest BCUT2D eigenvalue weighted by Crippen LogP contribution is -2.36. The topological polar surface area (TPSA) is 105 Å². The van der Waals surface area contributed by atoms with Crippen LogP contribution in [0.1, 0.15) is 44.6 Å². The van der Waals surface area contributed by atoms with E-state index in [1.807, 2.05) is 24.3 Å². The van der Waals surface area contributed by atoms with Crippen LogP contribution >= 0.6 is 0 Å². The third-order valence-corrected chi connectivity index (χ3v) is 7.50. The lowest BCUT2D eigenvalue weighted by molar-refractivity contribution is -0.120. The number of nitrogens with zero attached hydrogens (tertiary/aromatic N) is 1. The van der Waals surface area contributed by atoms with Gasteiger partial charge in [-0.25, -0.2) is 17.9 Å². The second kappa shape index (κ2) is 8.63. The minimum Gasteiger partial charge on any atom is -0.493 e. The Morgan fingerprint density at radius 3 is 2.68 bits per heavy atom. The van der Waals surface area contributed by atoms with Crippen LogP contribution in [-0.4, -0.2) is 50.2 Å². The van der Waals surface area contributed by atoms with Gasteiger partial charge in [0.25, 0.3) is 5.91 Å². The van der Waals surface area contributed by atoms with Gasteiger partial charge in [-0.05, 0) is 62.6 Å². The number of nitrogens with one attached hydrogen (secondary N) is 2. The summed E-state index contributed by atoms with van der Waals surface area (Å²) < 4.78 is 34.0. The predicted molar refractivity (Wildman–Crippen MR) is 116 cm³/mol. The average molecular weight is 448 g/mol. The van der Waals surface area contributed by atoms with E-state index >= 15 is 0 Å². The van der Waals surface area contributed by atoms with Gasteiger partial charge in [0.05, 0.1) is 17.9 Å². The number of ether oxygens (including phenoxy) is 1. The predicted octanol–water partition coefficient (Wildman–Crippen LogP) is 2.27. The maximum Gasteiger partial charge on any atom is 0.325 e. The molecular weight excluding hydrogens is 418 g/mol. The highest BCUT2D eigenvalue weighted by atomic mass is 32.2. The highest BCUT2D eigenvalue weighted by Crippen LogP contribution is 2.47. The molecule has 2 N–H and O–H groups in total. The maximum absolute atomic E-state index is 12.6. The first-order chi connectivity index (χ1) is 14.8. The molecule has 1 saturated heterocycles. The van der Waals surface area contributed by atoms with E-state index in [9.17, 15) is 18.0 Å². The van der Waals surface area contributed by atoms with E-state index in [4.69, 9.17) is 4.74 Å². The Bertz CT molecular complexity index is 983. The second-order valence-electron chi connectivity index (χ2n) is 8.67. The first kappa shape index (κ1) is 21.8. The highest BCUT2D eigenvalue weighted by Gasteiger charge is 2.47.